The number of anilines is 1. The van der Waals surface area contributed by atoms with Crippen LogP contribution in [0.4, 0.5) is 5.69 Å². The van der Waals surface area contributed by atoms with Crippen LogP contribution in [-0.4, -0.2) is 25.3 Å². The molecular formula is C12H16ClNO2S2. The highest BCUT2D eigenvalue weighted by molar-refractivity contribution is 8.14. The van der Waals surface area contributed by atoms with Crippen molar-refractivity contribution in [2.75, 3.05) is 9.97 Å². The molecule has 0 aliphatic heterocycles. The van der Waals surface area contributed by atoms with Crippen LogP contribution in [0, 0.1) is 0 Å². The van der Waals surface area contributed by atoms with Crippen LogP contribution >= 0.6 is 23.5 Å². The maximum Gasteiger partial charge on any atom is 0.241 e. The monoisotopic (exact) mass is 305 g/mol. The Hall–Kier alpha value is -0.390. The lowest BCUT2D eigenvalue weighted by Crippen LogP contribution is -2.27. The summed E-state index contributed by atoms with van der Waals surface area (Å²) in [6, 6.07) is 9.13. The van der Waals surface area contributed by atoms with Crippen LogP contribution in [0.2, 0.25) is 0 Å². The summed E-state index contributed by atoms with van der Waals surface area (Å²) in [7, 11) is -3.29. The maximum absolute atomic E-state index is 11.9. The van der Waals surface area contributed by atoms with Gasteiger partial charge in [-0.05, 0) is 36.9 Å². The minimum absolute atomic E-state index is 0.0583. The first kappa shape index (κ1) is 14.0. The molecule has 0 bridgehead atoms. The summed E-state index contributed by atoms with van der Waals surface area (Å²) in [4.78, 5) is 0. The van der Waals surface area contributed by atoms with Gasteiger partial charge in [-0.2, -0.15) is 0 Å². The lowest BCUT2D eigenvalue weighted by atomic mass is 10.3. The number of halogens is 1. The molecule has 0 heterocycles. The van der Waals surface area contributed by atoms with Gasteiger partial charge in [0.2, 0.25) is 10.0 Å². The van der Waals surface area contributed by atoms with Gasteiger partial charge in [-0.3, -0.25) is 0 Å². The van der Waals surface area contributed by atoms with Crippen molar-refractivity contribution in [2.45, 2.75) is 29.9 Å². The van der Waals surface area contributed by atoms with E-state index in [1.54, 1.807) is 12.1 Å². The molecule has 0 spiro atoms. The summed E-state index contributed by atoms with van der Waals surface area (Å²) in [6.45, 7) is 0. The zero-order chi connectivity index (χ0) is 13.2. The molecule has 0 N–H and O–H groups in total. The molecule has 2 atom stereocenters. The molecule has 1 saturated carbocycles. The van der Waals surface area contributed by atoms with Crippen molar-refractivity contribution in [3.05, 3.63) is 30.3 Å². The number of sulfonamides is 1. The number of nitrogens with zero attached hydrogens (tertiary/aromatic N) is 1. The Morgan fingerprint density at radius 1 is 1.28 bits per heavy atom. The number of hydrogen-bond donors (Lipinski definition) is 0. The molecule has 0 amide bonds. The third-order valence-electron chi connectivity index (χ3n) is 2.87. The van der Waals surface area contributed by atoms with Gasteiger partial charge in [0.15, 0.2) is 0 Å². The molecule has 1 aromatic carbocycles. The van der Waals surface area contributed by atoms with Gasteiger partial charge in [0.1, 0.15) is 0 Å². The Kier molecular flexibility index (Phi) is 4.45. The Labute approximate surface area is 118 Å². The smallest absolute Gasteiger partial charge is 0.212 e. The number of hydrogen-bond acceptors (Lipinski definition) is 3. The fourth-order valence-electron chi connectivity index (χ4n) is 2.00. The molecule has 1 fully saturated rings. The second-order valence-electron chi connectivity index (χ2n) is 4.42. The van der Waals surface area contributed by atoms with Crippen LogP contribution in [0.25, 0.3) is 0 Å². The topological polar surface area (TPSA) is 37.4 Å². The first-order chi connectivity index (χ1) is 8.48. The van der Waals surface area contributed by atoms with Gasteiger partial charge in [-0.15, -0.1) is 11.6 Å². The van der Waals surface area contributed by atoms with E-state index in [-0.39, 0.29) is 10.6 Å². The first-order valence-electron chi connectivity index (χ1n) is 5.84. The highest BCUT2D eigenvalue weighted by Gasteiger charge is 2.31. The molecule has 1 aliphatic rings. The molecule has 2 unspecified atom stereocenters. The van der Waals surface area contributed by atoms with Gasteiger partial charge in [0.05, 0.1) is 11.9 Å². The maximum atomic E-state index is 11.9. The average molecular weight is 306 g/mol. The number of rotatable bonds is 4. The molecule has 1 aliphatic carbocycles. The molecule has 3 nitrogen and oxygen atoms in total. The largest absolute Gasteiger partial charge is 0.241 e. The van der Waals surface area contributed by atoms with E-state index in [9.17, 15) is 8.42 Å². The van der Waals surface area contributed by atoms with Gasteiger partial charge < -0.3 is 0 Å². The van der Waals surface area contributed by atoms with E-state index < -0.39 is 10.0 Å². The molecule has 0 aromatic heterocycles. The van der Waals surface area contributed by atoms with Crippen molar-refractivity contribution in [3.63, 3.8) is 0 Å². The Morgan fingerprint density at radius 3 is 2.44 bits per heavy atom. The highest BCUT2D eigenvalue weighted by Crippen LogP contribution is 2.38. The van der Waals surface area contributed by atoms with Crippen molar-refractivity contribution in [3.8, 4) is 0 Å². The van der Waals surface area contributed by atoms with Gasteiger partial charge in [-0.25, -0.2) is 12.1 Å². The molecule has 6 heteroatoms. The third-order valence-corrected chi connectivity index (χ3v) is 6.66. The zero-order valence-corrected chi connectivity index (χ0v) is 12.5. The van der Waals surface area contributed by atoms with E-state index >= 15 is 0 Å². The van der Waals surface area contributed by atoms with E-state index in [4.69, 9.17) is 11.6 Å². The summed E-state index contributed by atoms with van der Waals surface area (Å²) in [6.07, 6.45) is 4.23. The molecule has 0 radical (unpaired) electrons. The zero-order valence-electron chi connectivity index (χ0n) is 10.1. The minimum atomic E-state index is -3.29. The second kappa shape index (κ2) is 5.72. The Morgan fingerprint density at radius 2 is 1.94 bits per heavy atom. The van der Waals surface area contributed by atoms with E-state index in [0.29, 0.717) is 5.69 Å². The Balaban J connectivity index is 2.22. The average Bonchev–Trinajstić information content (AvgIpc) is 2.71. The van der Waals surface area contributed by atoms with E-state index in [2.05, 4.69) is 0 Å². The highest BCUT2D eigenvalue weighted by atomic mass is 35.5. The van der Waals surface area contributed by atoms with Crippen LogP contribution in [0.15, 0.2) is 30.3 Å². The molecular weight excluding hydrogens is 290 g/mol. The van der Waals surface area contributed by atoms with Gasteiger partial charge in [0.25, 0.3) is 0 Å². The summed E-state index contributed by atoms with van der Waals surface area (Å²) < 4.78 is 25.2. The van der Waals surface area contributed by atoms with Crippen molar-refractivity contribution in [2.24, 2.45) is 0 Å². The normalized spacial score (nSPS) is 24.1. The summed E-state index contributed by atoms with van der Waals surface area (Å²) in [5, 5.41) is 0.226. The first-order valence-corrected chi connectivity index (χ1v) is 8.97. The van der Waals surface area contributed by atoms with Crippen LogP contribution in [0.1, 0.15) is 19.3 Å². The molecule has 18 heavy (non-hydrogen) atoms. The van der Waals surface area contributed by atoms with Crippen molar-refractivity contribution in [1.29, 1.82) is 0 Å². The van der Waals surface area contributed by atoms with Gasteiger partial charge >= 0.3 is 0 Å². The number of para-hydroxylation sites is 1. The standard InChI is InChI=1S/C12H16ClNO2S2/c1-18(15,16)14(10-6-3-2-4-7-10)17-12-9-5-8-11(12)13/h2-4,6-7,11-12H,5,8-9H2,1H3. The summed E-state index contributed by atoms with van der Waals surface area (Å²) in [5.74, 6) is 0. The predicted molar refractivity (Wildman–Crippen MR) is 78.6 cm³/mol. The van der Waals surface area contributed by atoms with Crippen molar-refractivity contribution >= 4 is 39.3 Å². The van der Waals surface area contributed by atoms with Crippen molar-refractivity contribution < 1.29 is 8.42 Å². The minimum Gasteiger partial charge on any atom is -0.212 e. The molecule has 100 valence electrons. The fraction of sp³-hybridized carbons (Fsp3) is 0.500. The van der Waals surface area contributed by atoms with Gasteiger partial charge in [0, 0.05) is 10.6 Å². The SMILES string of the molecule is CS(=O)(=O)N(SC1CCCC1Cl)c1ccccc1. The number of benzene rings is 1. The predicted octanol–water partition coefficient (Wildman–Crippen LogP) is 3.26. The lowest BCUT2D eigenvalue weighted by Gasteiger charge is -2.25. The summed E-state index contributed by atoms with van der Waals surface area (Å²) in [5.41, 5.74) is 0.681. The molecule has 2 rings (SSSR count). The summed E-state index contributed by atoms with van der Waals surface area (Å²) >= 11 is 7.55. The Bertz CT molecular complexity index is 492. The van der Waals surface area contributed by atoms with Gasteiger partial charge in [-0.1, -0.05) is 24.6 Å². The van der Waals surface area contributed by atoms with Crippen molar-refractivity contribution in [1.82, 2.24) is 0 Å². The van der Waals surface area contributed by atoms with E-state index in [0.717, 1.165) is 19.3 Å². The molecule has 0 saturated heterocycles. The van der Waals surface area contributed by atoms with Crippen LogP contribution in [0.3, 0.4) is 0 Å². The molecule has 1 aromatic rings. The van der Waals surface area contributed by atoms with Crippen LogP contribution < -0.4 is 3.71 Å². The van der Waals surface area contributed by atoms with E-state index in [1.165, 1.54) is 21.9 Å². The third kappa shape index (κ3) is 3.33. The van der Waals surface area contributed by atoms with Crippen LogP contribution in [0.5, 0.6) is 0 Å². The second-order valence-corrected chi connectivity index (χ2v) is 8.22. The van der Waals surface area contributed by atoms with E-state index in [1.807, 2.05) is 18.2 Å². The lowest BCUT2D eigenvalue weighted by molar-refractivity contribution is 0.604. The quantitative estimate of drug-likeness (QED) is 0.633. The number of alkyl halides is 1. The fourth-order valence-corrected chi connectivity index (χ4v) is 4.91. The van der Waals surface area contributed by atoms with Crippen LogP contribution in [-0.2, 0) is 10.0 Å².